The van der Waals surface area contributed by atoms with Crippen molar-refractivity contribution in [1.29, 1.82) is 0 Å². The zero-order chi connectivity index (χ0) is 20.9. The fourth-order valence-corrected chi connectivity index (χ4v) is 2.09. The van der Waals surface area contributed by atoms with Gasteiger partial charge in [0.25, 0.3) is 0 Å². The van der Waals surface area contributed by atoms with E-state index in [0.717, 1.165) is 19.3 Å². The summed E-state index contributed by atoms with van der Waals surface area (Å²) in [6.45, 7) is 13.9. The molecule has 27 heavy (non-hydrogen) atoms. The number of hydrogen-bond donors (Lipinski definition) is 0. The second-order valence-corrected chi connectivity index (χ2v) is 8.08. The molecule has 0 unspecified atom stereocenters. The van der Waals surface area contributed by atoms with Gasteiger partial charge in [-0.1, -0.05) is 39.8 Å². The molecule has 0 aromatic heterocycles. The van der Waals surface area contributed by atoms with Crippen molar-refractivity contribution in [2.24, 2.45) is 10.8 Å². The molecule has 0 spiro atoms. The first-order valence-electron chi connectivity index (χ1n) is 9.63. The van der Waals surface area contributed by atoms with Crippen molar-refractivity contribution in [2.45, 2.75) is 73.1 Å². The lowest BCUT2D eigenvalue weighted by atomic mass is 9.78. The average Bonchev–Trinajstić information content (AvgIpc) is 2.61. The number of ether oxygens (including phenoxy) is 3. The molecule has 0 aromatic carbocycles. The molecule has 0 N–H and O–H groups in total. The minimum Gasteiger partial charge on any atom is -0.462 e. The van der Waals surface area contributed by atoms with E-state index in [-0.39, 0.29) is 50.0 Å². The Morgan fingerprint density at radius 2 is 1.44 bits per heavy atom. The summed E-state index contributed by atoms with van der Waals surface area (Å²) >= 11 is 0. The van der Waals surface area contributed by atoms with Crippen molar-refractivity contribution in [3.05, 3.63) is 12.7 Å². The van der Waals surface area contributed by atoms with Crippen LogP contribution in [-0.4, -0.2) is 37.7 Å². The van der Waals surface area contributed by atoms with Crippen molar-refractivity contribution in [3.8, 4) is 0 Å². The monoisotopic (exact) mass is 384 g/mol. The topological polar surface area (TPSA) is 78.9 Å². The van der Waals surface area contributed by atoms with Crippen LogP contribution in [0.25, 0.3) is 0 Å². The lowest BCUT2D eigenvalue weighted by molar-refractivity contribution is -0.159. The molecule has 0 aliphatic carbocycles. The Hall–Kier alpha value is -1.85. The first kappa shape index (κ1) is 25.1. The molecule has 0 bridgehead atoms. The molecular formula is C21H36O6. The Balaban J connectivity index is 3.95. The Kier molecular flexibility index (Phi) is 11.7. The second kappa shape index (κ2) is 12.5. The van der Waals surface area contributed by atoms with Crippen molar-refractivity contribution in [2.75, 3.05) is 19.8 Å². The first-order chi connectivity index (χ1) is 12.5. The van der Waals surface area contributed by atoms with Crippen LogP contribution in [-0.2, 0) is 28.6 Å². The highest BCUT2D eigenvalue weighted by molar-refractivity contribution is 5.76. The highest BCUT2D eigenvalue weighted by atomic mass is 16.6. The third-order valence-electron chi connectivity index (χ3n) is 4.64. The summed E-state index contributed by atoms with van der Waals surface area (Å²) in [7, 11) is 0. The van der Waals surface area contributed by atoms with Gasteiger partial charge < -0.3 is 14.2 Å². The SMILES string of the molecule is C=CCOC(=O)CCCC(=O)OCCOC(=O)C(C)(C)CCC(C)(C)CC. The third kappa shape index (κ3) is 12.2. The second-order valence-electron chi connectivity index (χ2n) is 8.08. The van der Waals surface area contributed by atoms with E-state index >= 15 is 0 Å². The molecule has 0 rings (SSSR count). The van der Waals surface area contributed by atoms with Gasteiger partial charge in [-0.05, 0) is 38.5 Å². The molecule has 0 aliphatic heterocycles. The van der Waals surface area contributed by atoms with Gasteiger partial charge in [0.15, 0.2) is 0 Å². The summed E-state index contributed by atoms with van der Waals surface area (Å²) in [4.78, 5) is 35.1. The number of esters is 3. The van der Waals surface area contributed by atoms with E-state index in [4.69, 9.17) is 14.2 Å². The third-order valence-corrected chi connectivity index (χ3v) is 4.64. The Labute approximate surface area is 163 Å². The van der Waals surface area contributed by atoms with Crippen molar-refractivity contribution >= 4 is 17.9 Å². The molecule has 0 amide bonds. The van der Waals surface area contributed by atoms with Gasteiger partial charge in [0.1, 0.15) is 19.8 Å². The minimum absolute atomic E-state index is 0.0159. The van der Waals surface area contributed by atoms with Gasteiger partial charge in [-0.15, -0.1) is 0 Å². The van der Waals surface area contributed by atoms with Crippen LogP contribution in [0.15, 0.2) is 12.7 Å². The van der Waals surface area contributed by atoms with Gasteiger partial charge in [0.05, 0.1) is 5.41 Å². The molecule has 6 nitrogen and oxygen atoms in total. The maximum absolute atomic E-state index is 12.2. The lowest BCUT2D eigenvalue weighted by Crippen LogP contribution is -2.29. The summed E-state index contributed by atoms with van der Waals surface area (Å²) in [5.41, 5.74) is -0.368. The van der Waals surface area contributed by atoms with Gasteiger partial charge in [-0.3, -0.25) is 14.4 Å². The van der Waals surface area contributed by atoms with Crippen LogP contribution in [0.1, 0.15) is 73.1 Å². The molecular weight excluding hydrogens is 348 g/mol. The number of hydrogen-bond acceptors (Lipinski definition) is 6. The fraction of sp³-hybridized carbons (Fsp3) is 0.762. The standard InChI is InChI=1S/C21H36O6/c1-7-14-25-17(22)10-9-11-18(23)26-15-16-27-19(24)21(5,6)13-12-20(3,4)8-2/h7H,1,8-16H2,2-6H3. The van der Waals surface area contributed by atoms with Crippen molar-refractivity contribution < 1.29 is 28.6 Å². The Morgan fingerprint density at radius 3 is 2.00 bits per heavy atom. The summed E-state index contributed by atoms with van der Waals surface area (Å²) in [6, 6.07) is 0. The number of rotatable bonds is 14. The summed E-state index contributed by atoms with van der Waals surface area (Å²) in [6.07, 6.45) is 4.85. The van der Waals surface area contributed by atoms with E-state index in [1.54, 1.807) is 0 Å². The lowest BCUT2D eigenvalue weighted by Gasteiger charge is -2.29. The van der Waals surface area contributed by atoms with Crippen LogP contribution in [0.4, 0.5) is 0 Å². The predicted octanol–water partition coefficient (Wildman–Crippen LogP) is 4.21. The van der Waals surface area contributed by atoms with Crippen LogP contribution < -0.4 is 0 Å². The molecule has 0 saturated carbocycles. The quantitative estimate of drug-likeness (QED) is 0.193. The normalized spacial score (nSPS) is 11.6. The fourth-order valence-electron chi connectivity index (χ4n) is 2.09. The van der Waals surface area contributed by atoms with E-state index in [1.165, 1.54) is 6.08 Å². The van der Waals surface area contributed by atoms with E-state index in [1.807, 2.05) is 13.8 Å². The molecule has 0 fully saturated rings. The van der Waals surface area contributed by atoms with Crippen LogP contribution in [0.5, 0.6) is 0 Å². The zero-order valence-electron chi connectivity index (χ0n) is 17.6. The summed E-state index contributed by atoms with van der Waals surface area (Å²) in [5.74, 6) is -1.08. The van der Waals surface area contributed by atoms with Crippen LogP contribution in [0.2, 0.25) is 0 Å². The van der Waals surface area contributed by atoms with Gasteiger partial charge in [-0.2, -0.15) is 0 Å². The number of carbonyl (C=O) groups excluding carboxylic acids is 3. The maximum atomic E-state index is 12.2. The summed E-state index contributed by atoms with van der Waals surface area (Å²) < 4.78 is 15.1. The predicted molar refractivity (Wildman–Crippen MR) is 104 cm³/mol. The molecule has 156 valence electrons. The minimum atomic E-state index is -0.567. The molecule has 6 heteroatoms. The van der Waals surface area contributed by atoms with Crippen molar-refractivity contribution in [1.82, 2.24) is 0 Å². The van der Waals surface area contributed by atoms with Crippen LogP contribution in [0, 0.1) is 10.8 Å². The maximum Gasteiger partial charge on any atom is 0.311 e. The molecule has 0 radical (unpaired) electrons. The van der Waals surface area contributed by atoms with E-state index in [0.29, 0.717) is 6.42 Å². The largest absolute Gasteiger partial charge is 0.462 e. The van der Waals surface area contributed by atoms with Crippen LogP contribution in [0.3, 0.4) is 0 Å². The molecule has 0 atom stereocenters. The molecule has 0 aromatic rings. The first-order valence-corrected chi connectivity index (χ1v) is 9.63. The zero-order valence-corrected chi connectivity index (χ0v) is 17.6. The van der Waals surface area contributed by atoms with Gasteiger partial charge >= 0.3 is 17.9 Å². The van der Waals surface area contributed by atoms with E-state index in [9.17, 15) is 14.4 Å². The molecule has 0 heterocycles. The van der Waals surface area contributed by atoms with Crippen molar-refractivity contribution in [3.63, 3.8) is 0 Å². The van der Waals surface area contributed by atoms with Gasteiger partial charge in [-0.25, -0.2) is 0 Å². The highest BCUT2D eigenvalue weighted by Crippen LogP contribution is 2.33. The Morgan fingerprint density at radius 1 is 0.889 bits per heavy atom. The summed E-state index contributed by atoms with van der Waals surface area (Å²) in [5, 5.41) is 0. The smallest absolute Gasteiger partial charge is 0.311 e. The van der Waals surface area contributed by atoms with E-state index < -0.39 is 11.4 Å². The molecule has 0 saturated heterocycles. The van der Waals surface area contributed by atoms with Gasteiger partial charge in [0.2, 0.25) is 0 Å². The van der Waals surface area contributed by atoms with Crippen LogP contribution >= 0.6 is 0 Å². The van der Waals surface area contributed by atoms with Gasteiger partial charge in [0, 0.05) is 12.8 Å². The Bertz CT molecular complexity index is 493. The van der Waals surface area contributed by atoms with E-state index in [2.05, 4.69) is 27.4 Å². The molecule has 0 aliphatic rings. The average molecular weight is 385 g/mol. The number of carbonyl (C=O) groups is 3. The highest BCUT2D eigenvalue weighted by Gasteiger charge is 2.31.